The van der Waals surface area contributed by atoms with Gasteiger partial charge in [0.15, 0.2) is 0 Å². The van der Waals surface area contributed by atoms with E-state index in [1.165, 1.54) is 19.3 Å². The van der Waals surface area contributed by atoms with E-state index in [4.69, 9.17) is 0 Å². The number of pyridine rings is 1. The maximum atomic E-state index is 13.0. The summed E-state index contributed by atoms with van der Waals surface area (Å²) >= 11 is 1.84. The lowest BCUT2D eigenvalue weighted by atomic mass is 9.93. The lowest BCUT2D eigenvalue weighted by Crippen LogP contribution is -2.44. The summed E-state index contributed by atoms with van der Waals surface area (Å²) < 4.78 is 0. The van der Waals surface area contributed by atoms with Gasteiger partial charge in [0.1, 0.15) is 5.56 Å². The lowest BCUT2D eigenvalue weighted by molar-refractivity contribution is 0.0648. The van der Waals surface area contributed by atoms with Crippen molar-refractivity contribution in [3.63, 3.8) is 0 Å². The molecule has 1 amide bonds. The molecule has 1 aliphatic rings. The molecule has 4 nitrogen and oxygen atoms in total. The van der Waals surface area contributed by atoms with Crippen molar-refractivity contribution in [2.75, 3.05) is 18.1 Å². The summed E-state index contributed by atoms with van der Waals surface area (Å²) in [5.74, 6) is 2.13. The highest BCUT2D eigenvalue weighted by Gasteiger charge is 2.27. The van der Waals surface area contributed by atoms with E-state index in [1.54, 1.807) is 6.07 Å². The molecule has 134 valence electrons. The van der Waals surface area contributed by atoms with Gasteiger partial charge in [0.25, 0.3) is 11.5 Å². The third kappa shape index (κ3) is 4.88. The Bertz CT molecular complexity index is 591. The summed E-state index contributed by atoms with van der Waals surface area (Å²) in [6, 6.07) is 3.87. The largest absolute Gasteiger partial charge is 0.335 e. The monoisotopic (exact) mass is 350 g/mol. The SMILES string of the molecule is CCSCCN(C(=O)c1ccc(C(C)C)[nH]c1=O)C1CCCCC1. The molecular formula is C19H30N2O2S. The summed E-state index contributed by atoms with van der Waals surface area (Å²) in [6.45, 7) is 6.92. The quantitative estimate of drug-likeness (QED) is 0.756. The van der Waals surface area contributed by atoms with Crippen molar-refractivity contribution >= 4 is 17.7 Å². The number of aromatic amines is 1. The van der Waals surface area contributed by atoms with Crippen LogP contribution < -0.4 is 5.56 Å². The standard InChI is InChI=1S/C19H30N2O2S/c1-4-24-13-12-21(15-8-6-5-7-9-15)19(23)16-10-11-17(14(2)3)20-18(16)22/h10-11,14-15H,4-9,12-13H2,1-3H3,(H,20,22). The number of nitrogens with one attached hydrogen (secondary N) is 1. The molecule has 1 fully saturated rings. The van der Waals surface area contributed by atoms with E-state index >= 15 is 0 Å². The number of carbonyl (C=O) groups is 1. The van der Waals surface area contributed by atoms with Crippen molar-refractivity contribution in [1.82, 2.24) is 9.88 Å². The zero-order valence-corrected chi connectivity index (χ0v) is 16.0. The van der Waals surface area contributed by atoms with Crippen LogP contribution in [-0.4, -0.2) is 39.9 Å². The van der Waals surface area contributed by atoms with Crippen LogP contribution in [0.1, 0.15) is 74.8 Å². The maximum absolute atomic E-state index is 13.0. The van der Waals surface area contributed by atoms with Crippen LogP contribution >= 0.6 is 11.8 Å². The van der Waals surface area contributed by atoms with Crippen molar-refractivity contribution in [2.45, 2.75) is 64.8 Å². The number of carbonyl (C=O) groups excluding carboxylic acids is 1. The second-order valence-electron chi connectivity index (χ2n) is 6.80. The Balaban J connectivity index is 2.20. The number of nitrogens with zero attached hydrogens (tertiary/aromatic N) is 1. The van der Waals surface area contributed by atoms with Crippen LogP contribution in [0.4, 0.5) is 0 Å². The molecule has 0 radical (unpaired) electrons. The summed E-state index contributed by atoms with van der Waals surface area (Å²) in [6.07, 6.45) is 5.73. The van der Waals surface area contributed by atoms with Gasteiger partial charge in [0.2, 0.25) is 0 Å². The van der Waals surface area contributed by atoms with Crippen molar-refractivity contribution in [2.24, 2.45) is 0 Å². The summed E-state index contributed by atoms with van der Waals surface area (Å²) in [4.78, 5) is 30.3. The molecule has 1 N–H and O–H groups in total. The van der Waals surface area contributed by atoms with E-state index in [9.17, 15) is 9.59 Å². The fraction of sp³-hybridized carbons (Fsp3) is 0.684. The van der Waals surface area contributed by atoms with Gasteiger partial charge >= 0.3 is 0 Å². The van der Waals surface area contributed by atoms with E-state index in [-0.39, 0.29) is 29.0 Å². The molecule has 1 aromatic heterocycles. The average Bonchev–Trinajstić information content (AvgIpc) is 2.59. The van der Waals surface area contributed by atoms with E-state index in [2.05, 4.69) is 11.9 Å². The normalized spacial score (nSPS) is 15.7. The minimum absolute atomic E-state index is 0.102. The molecule has 5 heteroatoms. The first kappa shape index (κ1) is 19.1. The van der Waals surface area contributed by atoms with Crippen molar-refractivity contribution in [3.8, 4) is 0 Å². The highest BCUT2D eigenvalue weighted by molar-refractivity contribution is 7.99. The number of rotatable bonds is 7. The van der Waals surface area contributed by atoms with Gasteiger partial charge in [-0.1, -0.05) is 40.0 Å². The second-order valence-corrected chi connectivity index (χ2v) is 8.19. The summed E-state index contributed by atoms with van der Waals surface area (Å²) in [7, 11) is 0. The Kier molecular flexibility index (Phi) is 7.40. The molecule has 0 bridgehead atoms. The van der Waals surface area contributed by atoms with E-state index in [1.807, 2.05) is 36.6 Å². The van der Waals surface area contributed by atoms with E-state index in [0.717, 1.165) is 36.6 Å². The van der Waals surface area contributed by atoms with Gasteiger partial charge in [-0.15, -0.1) is 0 Å². The van der Waals surface area contributed by atoms with Gasteiger partial charge in [-0.05, 0) is 36.6 Å². The average molecular weight is 351 g/mol. The van der Waals surface area contributed by atoms with Gasteiger partial charge < -0.3 is 9.88 Å². The minimum Gasteiger partial charge on any atom is -0.335 e. The first-order valence-electron chi connectivity index (χ1n) is 9.16. The summed E-state index contributed by atoms with van der Waals surface area (Å²) in [5, 5.41) is 0. The molecule has 1 aromatic rings. The second kappa shape index (κ2) is 9.30. The molecule has 1 aliphatic carbocycles. The number of thioether (sulfide) groups is 1. The number of hydrogen-bond acceptors (Lipinski definition) is 3. The van der Waals surface area contributed by atoms with Crippen LogP contribution in [0.2, 0.25) is 0 Å². The van der Waals surface area contributed by atoms with Crippen LogP contribution in [0.3, 0.4) is 0 Å². The third-order valence-electron chi connectivity index (χ3n) is 4.74. The maximum Gasteiger partial charge on any atom is 0.261 e. The predicted octanol–water partition coefficient (Wildman–Crippen LogP) is 4.03. The first-order chi connectivity index (χ1) is 11.5. The Labute approximate surface area is 149 Å². The fourth-order valence-electron chi connectivity index (χ4n) is 3.30. The molecule has 1 heterocycles. The van der Waals surface area contributed by atoms with Gasteiger partial charge in [0.05, 0.1) is 0 Å². The molecule has 0 saturated heterocycles. The van der Waals surface area contributed by atoms with Gasteiger partial charge in [0, 0.05) is 24.0 Å². The molecule has 24 heavy (non-hydrogen) atoms. The zero-order valence-electron chi connectivity index (χ0n) is 15.1. The van der Waals surface area contributed by atoms with Crippen LogP contribution in [-0.2, 0) is 0 Å². The molecule has 0 atom stereocenters. The first-order valence-corrected chi connectivity index (χ1v) is 10.3. The van der Waals surface area contributed by atoms with Crippen molar-refractivity contribution in [3.05, 3.63) is 33.7 Å². The highest BCUT2D eigenvalue weighted by Crippen LogP contribution is 2.24. The van der Waals surface area contributed by atoms with E-state index < -0.39 is 0 Å². The zero-order chi connectivity index (χ0) is 17.5. The van der Waals surface area contributed by atoms with E-state index in [0.29, 0.717) is 0 Å². The molecule has 0 spiro atoms. The van der Waals surface area contributed by atoms with Crippen LogP contribution in [0.15, 0.2) is 16.9 Å². The minimum atomic E-state index is -0.254. The Morgan fingerprint density at radius 3 is 2.58 bits per heavy atom. The number of aromatic nitrogens is 1. The van der Waals surface area contributed by atoms with Crippen molar-refractivity contribution < 1.29 is 4.79 Å². The molecule has 0 unspecified atom stereocenters. The highest BCUT2D eigenvalue weighted by atomic mass is 32.2. The lowest BCUT2D eigenvalue weighted by Gasteiger charge is -2.34. The number of amides is 1. The van der Waals surface area contributed by atoms with Crippen LogP contribution in [0.25, 0.3) is 0 Å². The molecule has 0 aliphatic heterocycles. The molecule has 2 rings (SSSR count). The van der Waals surface area contributed by atoms with Crippen molar-refractivity contribution in [1.29, 1.82) is 0 Å². The Morgan fingerprint density at radius 1 is 1.29 bits per heavy atom. The smallest absolute Gasteiger partial charge is 0.261 e. The van der Waals surface area contributed by atoms with Crippen LogP contribution in [0, 0.1) is 0 Å². The van der Waals surface area contributed by atoms with Gasteiger partial charge in [-0.2, -0.15) is 11.8 Å². The Hall–Kier alpha value is -1.23. The summed E-state index contributed by atoms with van der Waals surface area (Å²) in [5.41, 5.74) is 0.906. The topological polar surface area (TPSA) is 53.2 Å². The number of H-pyrrole nitrogens is 1. The van der Waals surface area contributed by atoms with Gasteiger partial charge in [-0.3, -0.25) is 9.59 Å². The fourth-order valence-corrected chi connectivity index (χ4v) is 3.91. The number of hydrogen-bond donors (Lipinski definition) is 1. The van der Waals surface area contributed by atoms with Crippen LogP contribution in [0.5, 0.6) is 0 Å². The molecule has 1 saturated carbocycles. The third-order valence-corrected chi connectivity index (χ3v) is 5.62. The molecule has 0 aromatic carbocycles. The molecular weight excluding hydrogens is 320 g/mol. The predicted molar refractivity (Wildman–Crippen MR) is 102 cm³/mol. The van der Waals surface area contributed by atoms with Gasteiger partial charge in [-0.25, -0.2) is 0 Å². The Morgan fingerprint density at radius 2 is 2.00 bits per heavy atom.